The second-order valence-corrected chi connectivity index (χ2v) is 8.65. The van der Waals surface area contributed by atoms with Crippen molar-refractivity contribution in [2.75, 3.05) is 22.1 Å². The molecule has 1 aromatic heterocycles. The minimum atomic E-state index is 0.0356. The zero-order valence-corrected chi connectivity index (χ0v) is 19.6. The highest BCUT2D eigenvalue weighted by molar-refractivity contribution is 7.98. The van der Waals surface area contributed by atoms with Crippen molar-refractivity contribution in [3.8, 4) is 0 Å². The summed E-state index contributed by atoms with van der Waals surface area (Å²) in [6.07, 6.45) is 2.15. The van der Waals surface area contributed by atoms with Gasteiger partial charge in [0.1, 0.15) is 5.82 Å². The zero-order valence-electron chi connectivity index (χ0n) is 18.8. The first-order valence-corrected chi connectivity index (χ1v) is 11.9. The number of nitrogens with zero attached hydrogens (tertiary/aromatic N) is 3. The molecule has 0 aliphatic heterocycles. The van der Waals surface area contributed by atoms with Crippen molar-refractivity contribution in [2.45, 2.75) is 45.8 Å². The average Bonchev–Trinajstić information content (AvgIpc) is 2.76. The zero-order chi connectivity index (χ0) is 22.9. The Kier molecular flexibility index (Phi) is 8.44. The maximum absolute atomic E-state index is 12.3. The quantitative estimate of drug-likeness (QED) is 0.372. The molecule has 0 atom stereocenters. The van der Waals surface area contributed by atoms with Gasteiger partial charge in [0.05, 0.1) is 5.75 Å². The van der Waals surface area contributed by atoms with Gasteiger partial charge in [0, 0.05) is 17.8 Å². The molecule has 168 valence electrons. The standard InChI is InChI=1S/C24H30N6OS/c1-4-18-11-5-6-12-19(18)26-24-28-20(27-23(25)30-24)15-32-14-8-13-21(31)29-22-16(2)9-7-10-17(22)3/h5-7,9-12H,4,8,13-15H2,1-3H3,(H,29,31)(H3,25,26,27,28,30). The summed E-state index contributed by atoms with van der Waals surface area (Å²) in [5, 5.41) is 6.28. The van der Waals surface area contributed by atoms with Crippen molar-refractivity contribution < 1.29 is 4.79 Å². The summed E-state index contributed by atoms with van der Waals surface area (Å²) < 4.78 is 0. The van der Waals surface area contributed by atoms with Gasteiger partial charge >= 0.3 is 0 Å². The molecule has 32 heavy (non-hydrogen) atoms. The second kappa shape index (κ2) is 11.5. The van der Waals surface area contributed by atoms with Gasteiger partial charge in [-0.05, 0) is 55.2 Å². The van der Waals surface area contributed by atoms with E-state index >= 15 is 0 Å². The molecule has 0 radical (unpaired) electrons. The third-order valence-corrected chi connectivity index (χ3v) is 6.05. The lowest BCUT2D eigenvalue weighted by Crippen LogP contribution is -2.13. The highest BCUT2D eigenvalue weighted by Crippen LogP contribution is 2.21. The maximum atomic E-state index is 12.3. The van der Waals surface area contributed by atoms with Crippen LogP contribution in [-0.4, -0.2) is 26.6 Å². The molecule has 0 bridgehead atoms. The molecule has 8 heteroatoms. The molecule has 0 fully saturated rings. The van der Waals surface area contributed by atoms with Crippen molar-refractivity contribution in [3.63, 3.8) is 0 Å². The summed E-state index contributed by atoms with van der Waals surface area (Å²) in [5.41, 5.74) is 11.1. The Balaban J connectivity index is 1.47. The van der Waals surface area contributed by atoms with Crippen molar-refractivity contribution in [2.24, 2.45) is 0 Å². The molecular formula is C24H30N6OS. The van der Waals surface area contributed by atoms with E-state index in [4.69, 9.17) is 5.73 Å². The number of nitrogen functional groups attached to an aromatic ring is 1. The number of thioether (sulfide) groups is 1. The van der Waals surface area contributed by atoms with E-state index in [1.807, 2.05) is 50.2 Å². The largest absolute Gasteiger partial charge is 0.368 e. The van der Waals surface area contributed by atoms with E-state index in [2.05, 4.69) is 38.6 Å². The van der Waals surface area contributed by atoms with Gasteiger partial charge in [-0.1, -0.05) is 43.3 Å². The van der Waals surface area contributed by atoms with Gasteiger partial charge in [-0.2, -0.15) is 26.7 Å². The average molecular weight is 451 g/mol. The van der Waals surface area contributed by atoms with Gasteiger partial charge in [-0.3, -0.25) is 4.79 Å². The van der Waals surface area contributed by atoms with E-state index in [0.717, 1.165) is 41.1 Å². The lowest BCUT2D eigenvalue weighted by Gasteiger charge is -2.11. The van der Waals surface area contributed by atoms with Gasteiger partial charge < -0.3 is 16.4 Å². The number of carbonyl (C=O) groups excluding carboxylic acids is 1. The molecule has 4 N–H and O–H groups in total. The van der Waals surface area contributed by atoms with E-state index < -0.39 is 0 Å². The Hall–Kier alpha value is -3.13. The van der Waals surface area contributed by atoms with Gasteiger partial charge in [-0.15, -0.1) is 0 Å². The number of hydrogen-bond donors (Lipinski definition) is 3. The molecule has 0 spiro atoms. The number of hydrogen-bond acceptors (Lipinski definition) is 7. The molecule has 3 rings (SSSR count). The molecule has 0 aliphatic carbocycles. The number of para-hydroxylation sites is 2. The first-order valence-electron chi connectivity index (χ1n) is 10.8. The van der Waals surface area contributed by atoms with Crippen LogP contribution in [-0.2, 0) is 17.0 Å². The fourth-order valence-corrected chi connectivity index (χ4v) is 4.15. The smallest absolute Gasteiger partial charge is 0.232 e. The number of aryl methyl sites for hydroxylation is 3. The first-order chi connectivity index (χ1) is 15.5. The molecule has 7 nitrogen and oxygen atoms in total. The Morgan fingerprint density at radius 3 is 2.53 bits per heavy atom. The Labute approximate surface area is 193 Å². The number of aromatic nitrogens is 3. The Morgan fingerprint density at radius 2 is 1.78 bits per heavy atom. The third kappa shape index (κ3) is 6.68. The number of amides is 1. The van der Waals surface area contributed by atoms with Crippen LogP contribution in [0.25, 0.3) is 0 Å². The summed E-state index contributed by atoms with van der Waals surface area (Å²) in [6, 6.07) is 14.0. The van der Waals surface area contributed by atoms with Gasteiger partial charge in [0.25, 0.3) is 0 Å². The number of rotatable bonds is 10. The predicted octanol–water partition coefficient (Wildman–Crippen LogP) is 5.03. The molecule has 0 aliphatic rings. The van der Waals surface area contributed by atoms with Crippen molar-refractivity contribution in [1.82, 2.24) is 15.0 Å². The van der Waals surface area contributed by atoms with Crippen LogP contribution in [0.5, 0.6) is 0 Å². The number of carbonyl (C=O) groups is 1. The monoisotopic (exact) mass is 450 g/mol. The van der Waals surface area contributed by atoms with Gasteiger partial charge in [0.2, 0.25) is 17.8 Å². The molecule has 2 aromatic carbocycles. The van der Waals surface area contributed by atoms with Crippen LogP contribution in [0.1, 0.15) is 42.3 Å². The highest BCUT2D eigenvalue weighted by atomic mass is 32.2. The number of benzene rings is 2. The fourth-order valence-electron chi connectivity index (χ4n) is 3.34. The van der Waals surface area contributed by atoms with E-state index in [0.29, 0.717) is 23.9 Å². The Bertz CT molecular complexity index is 1050. The number of nitrogens with one attached hydrogen (secondary N) is 2. The first kappa shape index (κ1) is 23.5. The maximum Gasteiger partial charge on any atom is 0.232 e. The molecule has 0 saturated heterocycles. The van der Waals surface area contributed by atoms with Gasteiger partial charge in [0.15, 0.2) is 0 Å². The molecule has 0 saturated carbocycles. The van der Waals surface area contributed by atoms with E-state index in [-0.39, 0.29) is 11.9 Å². The molecule has 1 heterocycles. The lowest BCUT2D eigenvalue weighted by atomic mass is 10.1. The van der Waals surface area contributed by atoms with Crippen LogP contribution in [0.4, 0.5) is 23.3 Å². The fraction of sp³-hybridized carbons (Fsp3) is 0.333. The van der Waals surface area contributed by atoms with Crippen LogP contribution in [0, 0.1) is 13.8 Å². The van der Waals surface area contributed by atoms with Crippen molar-refractivity contribution in [1.29, 1.82) is 0 Å². The predicted molar refractivity (Wildman–Crippen MR) is 133 cm³/mol. The lowest BCUT2D eigenvalue weighted by molar-refractivity contribution is -0.116. The van der Waals surface area contributed by atoms with Crippen LogP contribution in [0.3, 0.4) is 0 Å². The van der Waals surface area contributed by atoms with Crippen molar-refractivity contribution >= 4 is 40.9 Å². The van der Waals surface area contributed by atoms with Crippen molar-refractivity contribution in [3.05, 3.63) is 65.0 Å². The number of anilines is 4. The van der Waals surface area contributed by atoms with Gasteiger partial charge in [-0.25, -0.2) is 0 Å². The molecule has 1 amide bonds. The van der Waals surface area contributed by atoms with Crippen LogP contribution >= 0.6 is 11.8 Å². The summed E-state index contributed by atoms with van der Waals surface area (Å²) in [4.78, 5) is 25.2. The third-order valence-electron chi connectivity index (χ3n) is 5.01. The Morgan fingerprint density at radius 1 is 1.03 bits per heavy atom. The van der Waals surface area contributed by atoms with E-state index in [9.17, 15) is 4.79 Å². The normalized spacial score (nSPS) is 10.7. The minimum Gasteiger partial charge on any atom is -0.368 e. The topological polar surface area (TPSA) is 106 Å². The summed E-state index contributed by atoms with van der Waals surface area (Å²) in [5.74, 6) is 2.73. The SMILES string of the molecule is CCc1ccccc1Nc1nc(N)nc(CSCCCC(=O)Nc2c(C)cccc2C)n1. The molecular weight excluding hydrogens is 420 g/mol. The van der Waals surface area contributed by atoms with Crippen LogP contribution in [0.15, 0.2) is 42.5 Å². The van der Waals surface area contributed by atoms with E-state index in [1.54, 1.807) is 11.8 Å². The number of nitrogens with two attached hydrogens (primary N) is 1. The van der Waals surface area contributed by atoms with Crippen LogP contribution in [0.2, 0.25) is 0 Å². The van der Waals surface area contributed by atoms with Crippen LogP contribution < -0.4 is 16.4 Å². The van der Waals surface area contributed by atoms with E-state index in [1.165, 1.54) is 5.56 Å². The summed E-state index contributed by atoms with van der Waals surface area (Å²) in [6.45, 7) is 6.11. The second-order valence-electron chi connectivity index (χ2n) is 7.54. The molecule has 3 aromatic rings. The minimum absolute atomic E-state index is 0.0356. The summed E-state index contributed by atoms with van der Waals surface area (Å²) in [7, 11) is 0. The molecule has 0 unspecified atom stereocenters. The summed E-state index contributed by atoms with van der Waals surface area (Å²) >= 11 is 1.68. The highest BCUT2D eigenvalue weighted by Gasteiger charge is 2.09.